The third kappa shape index (κ3) is 3.75. The summed E-state index contributed by atoms with van der Waals surface area (Å²) in [6.07, 6.45) is 4.92. The maximum absolute atomic E-state index is 13.0. The number of para-hydroxylation sites is 1. The number of pyridine rings is 2. The molecule has 0 spiro atoms. The van der Waals surface area contributed by atoms with Gasteiger partial charge in [0.2, 0.25) is 15.9 Å². The summed E-state index contributed by atoms with van der Waals surface area (Å²) in [6.45, 7) is 3.23. The van der Waals surface area contributed by atoms with E-state index in [-0.39, 0.29) is 29.8 Å². The molecule has 0 bridgehead atoms. The molecule has 4 heterocycles. The topological polar surface area (TPSA) is 86.7 Å². The first-order chi connectivity index (χ1) is 15.0. The fourth-order valence-corrected chi connectivity index (χ4v) is 5.64. The minimum atomic E-state index is -3.65. The molecule has 160 valence electrons. The smallest absolute Gasteiger partial charge is 0.244 e. The monoisotopic (exact) mass is 437 g/mol. The van der Waals surface area contributed by atoms with Gasteiger partial charge in [-0.25, -0.2) is 8.42 Å². The fourth-order valence-electron chi connectivity index (χ4n) is 4.13. The first-order valence-corrected chi connectivity index (χ1v) is 11.7. The number of carbonyl (C=O) groups is 1. The minimum Gasteiger partial charge on any atom is -0.368 e. The lowest BCUT2D eigenvalue weighted by atomic mass is 10.0. The van der Waals surface area contributed by atoms with E-state index >= 15 is 0 Å². The van der Waals surface area contributed by atoms with Crippen LogP contribution < -0.4 is 4.90 Å². The van der Waals surface area contributed by atoms with Crippen LogP contribution in [0.2, 0.25) is 0 Å². The summed E-state index contributed by atoms with van der Waals surface area (Å²) in [6, 6.07) is 13.0. The summed E-state index contributed by atoms with van der Waals surface area (Å²) in [5, 5.41) is 0.781. The summed E-state index contributed by atoms with van der Waals surface area (Å²) in [5.41, 5.74) is 1.86. The molecule has 0 radical (unpaired) electrons. The number of aromatic nitrogens is 2. The van der Waals surface area contributed by atoms with Crippen molar-refractivity contribution in [3.63, 3.8) is 0 Å². The molecule has 31 heavy (non-hydrogen) atoms. The number of benzene rings is 1. The summed E-state index contributed by atoms with van der Waals surface area (Å²) < 4.78 is 27.3. The van der Waals surface area contributed by atoms with Gasteiger partial charge in [-0.3, -0.25) is 14.8 Å². The van der Waals surface area contributed by atoms with E-state index in [0.717, 1.165) is 29.7 Å². The van der Waals surface area contributed by atoms with E-state index in [4.69, 9.17) is 0 Å². The van der Waals surface area contributed by atoms with Crippen molar-refractivity contribution in [1.82, 2.24) is 19.2 Å². The zero-order valence-electron chi connectivity index (χ0n) is 17.0. The molecule has 0 unspecified atom stereocenters. The molecule has 0 aliphatic carbocycles. The van der Waals surface area contributed by atoms with Gasteiger partial charge in [-0.1, -0.05) is 18.2 Å². The van der Waals surface area contributed by atoms with Crippen LogP contribution in [0, 0.1) is 5.92 Å². The maximum atomic E-state index is 13.0. The van der Waals surface area contributed by atoms with Gasteiger partial charge in [-0.15, -0.1) is 0 Å². The number of amides is 1. The molecule has 9 heteroatoms. The molecule has 2 aromatic heterocycles. The van der Waals surface area contributed by atoms with Crippen molar-refractivity contribution in [2.75, 3.05) is 44.2 Å². The second-order valence-corrected chi connectivity index (χ2v) is 9.84. The minimum absolute atomic E-state index is 0.0393. The molecule has 0 N–H and O–H groups in total. The van der Waals surface area contributed by atoms with E-state index in [0.29, 0.717) is 13.1 Å². The number of hydrogen-bond acceptors (Lipinski definition) is 6. The maximum Gasteiger partial charge on any atom is 0.244 e. The lowest BCUT2D eigenvalue weighted by Gasteiger charge is -2.42. The summed E-state index contributed by atoms with van der Waals surface area (Å²) in [7, 11) is -3.65. The number of fused-ring (bicyclic) bond motifs is 1. The average molecular weight is 438 g/mol. The molecule has 0 atom stereocenters. The Bertz CT molecular complexity index is 1200. The first kappa shape index (κ1) is 19.9. The third-order valence-corrected chi connectivity index (χ3v) is 7.82. The Kier molecular flexibility index (Phi) is 5.07. The molecular weight excluding hydrogens is 414 g/mol. The largest absolute Gasteiger partial charge is 0.368 e. The second-order valence-electron chi connectivity index (χ2n) is 7.90. The Morgan fingerprint density at radius 1 is 0.968 bits per heavy atom. The zero-order chi connectivity index (χ0) is 21.4. The fraction of sp³-hybridized carbons (Fsp3) is 0.318. The van der Waals surface area contributed by atoms with Crippen molar-refractivity contribution in [1.29, 1.82) is 0 Å². The zero-order valence-corrected chi connectivity index (χ0v) is 17.8. The number of carbonyl (C=O) groups excluding carboxylic acids is 1. The molecule has 2 aliphatic heterocycles. The van der Waals surface area contributed by atoms with Crippen LogP contribution in [0.3, 0.4) is 0 Å². The van der Waals surface area contributed by atoms with Crippen molar-refractivity contribution < 1.29 is 13.2 Å². The van der Waals surface area contributed by atoms with Crippen LogP contribution in [-0.2, 0) is 14.8 Å². The van der Waals surface area contributed by atoms with Crippen molar-refractivity contribution in [2.24, 2.45) is 5.92 Å². The number of sulfonamides is 1. The van der Waals surface area contributed by atoms with Crippen molar-refractivity contribution in [3.8, 4) is 0 Å². The average Bonchev–Trinajstić information content (AvgIpc) is 2.78. The molecule has 2 fully saturated rings. The van der Waals surface area contributed by atoms with E-state index in [2.05, 4.69) is 14.9 Å². The highest BCUT2D eigenvalue weighted by atomic mass is 32.2. The Balaban J connectivity index is 1.19. The lowest BCUT2D eigenvalue weighted by molar-refractivity contribution is -0.139. The number of nitrogens with zero attached hydrogens (tertiary/aromatic N) is 5. The normalized spacial score (nSPS) is 18.2. The van der Waals surface area contributed by atoms with Crippen LogP contribution in [-0.4, -0.2) is 72.8 Å². The van der Waals surface area contributed by atoms with E-state index in [1.165, 1.54) is 10.5 Å². The van der Waals surface area contributed by atoms with Crippen LogP contribution in [0.1, 0.15) is 0 Å². The third-order valence-electron chi connectivity index (χ3n) is 6.02. The van der Waals surface area contributed by atoms with Crippen LogP contribution in [0.5, 0.6) is 0 Å². The highest BCUT2D eigenvalue weighted by Crippen LogP contribution is 2.28. The molecule has 1 amide bonds. The molecule has 2 saturated heterocycles. The van der Waals surface area contributed by atoms with Gasteiger partial charge in [0.1, 0.15) is 4.90 Å². The van der Waals surface area contributed by atoms with Crippen molar-refractivity contribution in [2.45, 2.75) is 4.90 Å². The number of hydrogen-bond donors (Lipinski definition) is 0. The van der Waals surface area contributed by atoms with Crippen LogP contribution in [0.4, 0.5) is 5.69 Å². The Morgan fingerprint density at radius 2 is 1.68 bits per heavy atom. The summed E-state index contributed by atoms with van der Waals surface area (Å²) in [4.78, 5) is 25.4. The SMILES string of the molecule is O=C(C1CN(S(=O)(=O)c2cnc3ccccc3c2)C1)N1CCN(c2ccncc2)CC1. The molecule has 5 rings (SSSR count). The van der Waals surface area contributed by atoms with E-state index < -0.39 is 10.0 Å². The van der Waals surface area contributed by atoms with Crippen molar-refractivity contribution in [3.05, 3.63) is 61.1 Å². The van der Waals surface area contributed by atoms with E-state index in [9.17, 15) is 13.2 Å². The molecule has 2 aliphatic rings. The number of anilines is 1. The van der Waals surface area contributed by atoms with Gasteiger partial charge < -0.3 is 9.80 Å². The predicted octanol–water partition coefficient (Wildman–Crippen LogP) is 1.60. The van der Waals surface area contributed by atoms with Crippen molar-refractivity contribution >= 4 is 32.5 Å². The van der Waals surface area contributed by atoms with Gasteiger partial charge >= 0.3 is 0 Å². The van der Waals surface area contributed by atoms with Crippen LogP contribution in [0.25, 0.3) is 10.9 Å². The quantitative estimate of drug-likeness (QED) is 0.616. The summed E-state index contributed by atoms with van der Waals surface area (Å²) in [5.74, 6) is -0.242. The van der Waals surface area contributed by atoms with Gasteiger partial charge in [0.25, 0.3) is 0 Å². The van der Waals surface area contributed by atoms with Gasteiger partial charge in [-0.2, -0.15) is 4.31 Å². The Morgan fingerprint density at radius 3 is 2.42 bits per heavy atom. The first-order valence-electron chi connectivity index (χ1n) is 10.3. The molecule has 3 aromatic rings. The van der Waals surface area contributed by atoms with Crippen LogP contribution >= 0.6 is 0 Å². The van der Waals surface area contributed by atoms with Crippen LogP contribution in [0.15, 0.2) is 66.0 Å². The van der Waals surface area contributed by atoms with Gasteiger partial charge in [0.15, 0.2) is 0 Å². The lowest BCUT2D eigenvalue weighted by Crippen LogP contribution is -2.59. The molecule has 1 aromatic carbocycles. The standard InChI is InChI=1S/C22H23N5O3S/c28-22(26-11-9-25(10-12-26)19-5-7-23-8-6-19)18-15-27(16-18)31(29,30)20-13-17-3-1-2-4-21(17)24-14-20/h1-8,13-14,18H,9-12,15-16H2. The highest BCUT2D eigenvalue weighted by molar-refractivity contribution is 7.89. The number of rotatable bonds is 4. The number of piperazine rings is 1. The Hall–Kier alpha value is -3.04. The molecule has 0 saturated carbocycles. The molecule has 8 nitrogen and oxygen atoms in total. The van der Waals surface area contributed by atoms with E-state index in [1.807, 2.05) is 41.3 Å². The van der Waals surface area contributed by atoms with E-state index in [1.54, 1.807) is 18.5 Å². The second kappa shape index (κ2) is 7.90. The van der Waals surface area contributed by atoms with Gasteiger partial charge in [-0.05, 0) is 24.3 Å². The highest BCUT2D eigenvalue weighted by Gasteiger charge is 2.42. The van der Waals surface area contributed by atoms with Gasteiger partial charge in [0, 0.05) is 68.9 Å². The summed E-state index contributed by atoms with van der Waals surface area (Å²) >= 11 is 0. The van der Waals surface area contributed by atoms with Gasteiger partial charge in [0.05, 0.1) is 11.4 Å². The molecular formula is C22H23N5O3S. The Labute approximate surface area is 181 Å². The predicted molar refractivity (Wildman–Crippen MR) is 117 cm³/mol.